The molecular weight excluding hydrogens is 356 g/mol. The maximum Gasteiger partial charge on any atom is 0.263 e. The summed E-state index contributed by atoms with van der Waals surface area (Å²) in [6.07, 6.45) is 1.25. The van der Waals surface area contributed by atoms with Crippen molar-refractivity contribution in [3.05, 3.63) is 51.7 Å². The van der Waals surface area contributed by atoms with Crippen LogP contribution in [0.2, 0.25) is 0 Å². The molecule has 0 atom stereocenters. The Morgan fingerprint density at radius 1 is 1.08 bits per heavy atom. The number of amides is 1. The summed E-state index contributed by atoms with van der Waals surface area (Å²) in [5, 5.41) is 0. The molecule has 134 valence electrons. The van der Waals surface area contributed by atoms with Crippen LogP contribution in [-0.2, 0) is 10.0 Å². The van der Waals surface area contributed by atoms with Gasteiger partial charge in [0.2, 0.25) is 10.0 Å². The van der Waals surface area contributed by atoms with Crippen LogP contribution in [0.3, 0.4) is 0 Å². The lowest BCUT2D eigenvalue weighted by atomic mass is 10.1. The Labute approximate surface area is 152 Å². The summed E-state index contributed by atoms with van der Waals surface area (Å²) >= 11 is 1.50. The molecule has 1 aromatic carbocycles. The van der Waals surface area contributed by atoms with Crippen molar-refractivity contribution in [1.29, 1.82) is 0 Å². The topological polar surface area (TPSA) is 66.5 Å². The van der Waals surface area contributed by atoms with E-state index in [0.29, 0.717) is 25.9 Å². The quantitative estimate of drug-likeness (QED) is 0.889. The maximum atomic E-state index is 12.5. The number of hydrogen-bond acceptors (Lipinski definition) is 4. The first-order chi connectivity index (χ1) is 11.8. The minimum absolute atomic E-state index is 0.0398. The van der Waals surface area contributed by atoms with Gasteiger partial charge in [0.05, 0.1) is 9.77 Å². The van der Waals surface area contributed by atoms with E-state index < -0.39 is 10.0 Å². The first kappa shape index (κ1) is 18.1. The predicted molar refractivity (Wildman–Crippen MR) is 99.5 cm³/mol. The Kier molecular flexibility index (Phi) is 5.27. The Balaban J connectivity index is 1.59. The number of carbonyl (C=O) groups is 1. The van der Waals surface area contributed by atoms with Crippen molar-refractivity contribution in [1.82, 2.24) is 9.62 Å². The van der Waals surface area contributed by atoms with E-state index in [1.54, 1.807) is 24.3 Å². The van der Waals surface area contributed by atoms with Gasteiger partial charge in [-0.25, -0.2) is 13.1 Å². The smallest absolute Gasteiger partial charge is 0.263 e. The summed E-state index contributed by atoms with van der Waals surface area (Å²) in [6, 6.07) is 10.5. The van der Waals surface area contributed by atoms with Gasteiger partial charge in [0.15, 0.2) is 0 Å². The van der Waals surface area contributed by atoms with Crippen molar-refractivity contribution >= 4 is 27.3 Å². The maximum absolute atomic E-state index is 12.5. The molecule has 1 aliphatic rings. The molecule has 0 aliphatic carbocycles. The fraction of sp³-hybridized carbons (Fsp3) is 0.389. The van der Waals surface area contributed by atoms with Gasteiger partial charge in [0, 0.05) is 24.0 Å². The van der Waals surface area contributed by atoms with Crippen molar-refractivity contribution in [3.8, 4) is 0 Å². The van der Waals surface area contributed by atoms with Crippen LogP contribution in [0.1, 0.15) is 33.0 Å². The number of likely N-dealkylation sites (tertiary alicyclic amines) is 1. The molecule has 1 aromatic heterocycles. The monoisotopic (exact) mass is 378 g/mol. The zero-order chi connectivity index (χ0) is 18.0. The molecule has 1 aliphatic heterocycles. The van der Waals surface area contributed by atoms with Crippen LogP contribution in [0, 0.1) is 13.8 Å². The molecule has 1 fully saturated rings. The average molecular weight is 379 g/mol. The number of sulfonamides is 1. The molecule has 0 bridgehead atoms. The molecule has 3 rings (SSSR count). The summed E-state index contributed by atoms with van der Waals surface area (Å²) in [5.41, 5.74) is 1.02. The van der Waals surface area contributed by atoms with Crippen molar-refractivity contribution < 1.29 is 13.2 Å². The Bertz CT molecular complexity index is 849. The van der Waals surface area contributed by atoms with E-state index in [1.807, 2.05) is 30.9 Å². The molecule has 0 radical (unpaired) electrons. The second-order valence-corrected chi connectivity index (χ2v) is 9.41. The SMILES string of the molecule is Cc1ccc(S(=O)(=O)NC2CCN(C(=O)c3ccc(C)s3)CC2)cc1. The van der Waals surface area contributed by atoms with Gasteiger partial charge < -0.3 is 4.90 Å². The lowest BCUT2D eigenvalue weighted by Gasteiger charge is -2.32. The van der Waals surface area contributed by atoms with E-state index in [0.717, 1.165) is 15.3 Å². The van der Waals surface area contributed by atoms with E-state index in [9.17, 15) is 13.2 Å². The van der Waals surface area contributed by atoms with Gasteiger partial charge in [-0.3, -0.25) is 4.79 Å². The third-order valence-corrected chi connectivity index (χ3v) is 6.91. The molecule has 2 aromatic rings. The molecule has 1 amide bonds. The highest BCUT2D eigenvalue weighted by Gasteiger charge is 2.27. The summed E-state index contributed by atoms with van der Waals surface area (Å²) in [4.78, 5) is 16.4. The predicted octanol–water partition coefficient (Wildman–Crippen LogP) is 2.95. The highest BCUT2D eigenvalue weighted by atomic mass is 32.2. The first-order valence-corrected chi connectivity index (χ1v) is 10.6. The standard InChI is InChI=1S/C18H22N2O3S2/c1-13-3-6-16(7-4-13)25(22,23)19-15-9-11-20(12-10-15)18(21)17-8-5-14(2)24-17/h3-8,15,19H,9-12H2,1-2H3. The van der Waals surface area contributed by atoms with Crippen LogP contribution in [-0.4, -0.2) is 38.4 Å². The number of rotatable bonds is 4. The van der Waals surface area contributed by atoms with Gasteiger partial charge in [-0.05, 0) is 51.0 Å². The van der Waals surface area contributed by atoms with Crippen molar-refractivity contribution in [2.45, 2.75) is 37.6 Å². The number of aryl methyl sites for hydroxylation is 2. The summed E-state index contributed by atoms with van der Waals surface area (Å²) in [5.74, 6) is 0.0398. The molecule has 7 heteroatoms. The van der Waals surface area contributed by atoms with Crippen LogP contribution < -0.4 is 4.72 Å². The number of nitrogens with zero attached hydrogens (tertiary/aromatic N) is 1. The zero-order valence-electron chi connectivity index (χ0n) is 14.4. The lowest BCUT2D eigenvalue weighted by Crippen LogP contribution is -2.46. The molecular formula is C18H22N2O3S2. The summed E-state index contributed by atoms with van der Waals surface area (Å²) in [6.45, 7) is 5.03. The fourth-order valence-corrected chi connectivity index (χ4v) is 5.05. The second-order valence-electron chi connectivity index (χ2n) is 6.41. The highest BCUT2D eigenvalue weighted by Crippen LogP contribution is 2.21. The largest absolute Gasteiger partial charge is 0.338 e. The number of carbonyl (C=O) groups excluding carboxylic acids is 1. The third-order valence-electron chi connectivity index (χ3n) is 4.39. The third kappa shape index (κ3) is 4.29. The van der Waals surface area contributed by atoms with Crippen LogP contribution in [0.25, 0.3) is 0 Å². The van der Waals surface area contributed by atoms with Crippen LogP contribution in [0.15, 0.2) is 41.3 Å². The van der Waals surface area contributed by atoms with Crippen LogP contribution >= 0.6 is 11.3 Å². The number of nitrogens with one attached hydrogen (secondary N) is 1. The zero-order valence-corrected chi connectivity index (χ0v) is 16.0. The molecule has 0 spiro atoms. The Hall–Kier alpha value is -1.70. The number of thiophene rings is 1. The normalized spacial score (nSPS) is 16.2. The molecule has 2 heterocycles. The minimum atomic E-state index is -3.51. The van der Waals surface area contributed by atoms with E-state index >= 15 is 0 Å². The molecule has 1 N–H and O–H groups in total. The van der Waals surface area contributed by atoms with Crippen molar-refractivity contribution in [3.63, 3.8) is 0 Å². The number of benzene rings is 1. The molecule has 0 unspecified atom stereocenters. The molecule has 25 heavy (non-hydrogen) atoms. The summed E-state index contributed by atoms with van der Waals surface area (Å²) < 4.78 is 27.7. The minimum Gasteiger partial charge on any atom is -0.338 e. The number of hydrogen-bond donors (Lipinski definition) is 1. The van der Waals surface area contributed by atoms with Gasteiger partial charge in [-0.2, -0.15) is 0 Å². The van der Waals surface area contributed by atoms with Gasteiger partial charge in [0.1, 0.15) is 0 Å². The van der Waals surface area contributed by atoms with Crippen LogP contribution in [0.5, 0.6) is 0 Å². The van der Waals surface area contributed by atoms with Crippen molar-refractivity contribution in [2.75, 3.05) is 13.1 Å². The lowest BCUT2D eigenvalue weighted by molar-refractivity contribution is 0.0716. The molecule has 0 saturated carbocycles. The van der Waals surface area contributed by atoms with Gasteiger partial charge in [-0.1, -0.05) is 17.7 Å². The van der Waals surface area contributed by atoms with E-state index in [1.165, 1.54) is 11.3 Å². The highest BCUT2D eigenvalue weighted by molar-refractivity contribution is 7.89. The van der Waals surface area contributed by atoms with Gasteiger partial charge in [-0.15, -0.1) is 11.3 Å². The van der Waals surface area contributed by atoms with E-state index in [-0.39, 0.29) is 16.8 Å². The average Bonchev–Trinajstić information content (AvgIpc) is 3.01. The van der Waals surface area contributed by atoms with Crippen LogP contribution in [0.4, 0.5) is 0 Å². The van der Waals surface area contributed by atoms with E-state index in [4.69, 9.17) is 0 Å². The van der Waals surface area contributed by atoms with Gasteiger partial charge in [0.25, 0.3) is 5.91 Å². The first-order valence-electron chi connectivity index (χ1n) is 8.30. The van der Waals surface area contributed by atoms with E-state index in [2.05, 4.69) is 4.72 Å². The summed E-state index contributed by atoms with van der Waals surface area (Å²) in [7, 11) is -3.51. The second kappa shape index (κ2) is 7.27. The number of piperidine rings is 1. The Morgan fingerprint density at radius 2 is 1.72 bits per heavy atom. The molecule has 1 saturated heterocycles. The molecule has 5 nitrogen and oxygen atoms in total. The fourth-order valence-electron chi connectivity index (χ4n) is 2.91. The van der Waals surface area contributed by atoms with Gasteiger partial charge >= 0.3 is 0 Å². The Morgan fingerprint density at radius 3 is 2.28 bits per heavy atom. The van der Waals surface area contributed by atoms with Crippen molar-refractivity contribution in [2.24, 2.45) is 0 Å².